The van der Waals surface area contributed by atoms with Gasteiger partial charge in [0.25, 0.3) is 0 Å². The number of rotatable bonds is 7. The number of nitrogens with zero attached hydrogens (tertiary/aromatic N) is 1. The molecular weight excluding hydrogens is 232 g/mol. The number of aliphatic carboxylic acids is 1. The van der Waals surface area contributed by atoms with Crippen LogP contribution in [0, 0.1) is 5.92 Å². The lowest BCUT2D eigenvalue weighted by Gasteiger charge is -2.34. The highest BCUT2D eigenvalue weighted by Crippen LogP contribution is 2.17. The van der Waals surface area contributed by atoms with Gasteiger partial charge in [0.2, 0.25) is 0 Å². The second-order valence-electron chi connectivity index (χ2n) is 5.90. The third kappa shape index (κ3) is 6.93. The molecule has 18 heavy (non-hydrogen) atoms. The maximum atomic E-state index is 10.4. The summed E-state index contributed by atoms with van der Waals surface area (Å²) in [5, 5.41) is 21.3. The normalized spacial score (nSPS) is 22.1. The Balaban J connectivity index is 2.21. The van der Waals surface area contributed by atoms with Crippen molar-refractivity contribution in [3.63, 3.8) is 0 Å². The maximum Gasteiger partial charge on any atom is 0.317 e. The monoisotopic (exact) mass is 258 g/mol. The molecule has 5 nitrogen and oxygen atoms in total. The molecule has 0 radical (unpaired) electrons. The van der Waals surface area contributed by atoms with Gasteiger partial charge >= 0.3 is 5.97 Å². The van der Waals surface area contributed by atoms with Crippen molar-refractivity contribution in [2.45, 2.75) is 38.7 Å². The highest BCUT2D eigenvalue weighted by atomic mass is 16.4. The van der Waals surface area contributed by atoms with Gasteiger partial charge in [0.05, 0.1) is 12.1 Å². The fraction of sp³-hybridized carbons (Fsp3) is 0.923. The Morgan fingerprint density at radius 3 is 2.83 bits per heavy atom. The number of carboxylic acids is 1. The SMILES string of the molecule is CC(C)(O)CCN1CCCC(CNCC(=O)O)C1. The molecule has 1 aliphatic heterocycles. The van der Waals surface area contributed by atoms with Crippen LogP contribution in [0.5, 0.6) is 0 Å². The van der Waals surface area contributed by atoms with E-state index in [-0.39, 0.29) is 6.54 Å². The first-order valence-electron chi connectivity index (χ1n) is 6.74. The second-order valence-corrected chi connectivity index (χ2v) is 5.90. The molecule has 0 aromatic rings. The predicted molar refractivity (Wildman–Crippen MR) is 70.6 cm³/mol. The van der Waals surface area contributed by atoms with E-state index in [0.717, 1.165) is 45.4 Å². The number of carbonyl (C=O) groups is 1. The molecule has 1 saturated heterocycles. The summed E-state index contributed by atoms with van der Waals surface area (Å²) in [7, 11) is 0. The largest absolute Gasteiger partial charge is 0.480 e. The van der Waals surface area contributed by atoms with E-state index in [1.54, 1.807) is 0 Å². The van der Waals surface area contributed by atoms with Crippen molar-refractivity contribution in [2.24, 2.45) is 5.92 Å². The van der Waals surface area contributed by atoms with Crippen LogP contribution in [0.2, 0.25) is 0 Å². The van der Waals surface area contributed by atoms with Crippen LogP contribution in [0.1, 0.15) is 33.1 Å². The van der Waals surface area contributed by atoms with Crippen molar-refractivity contribution in [3.8, 4) is 0 Å². The molecule has 0 amide bonds. The summed E-state index contributed by atoms with van der Waals surface area (Å²) in [5.74, 6) is -0.274. The molecule has 1 fully saturated rings. The van der Waals surface area contributed by atoms with Crippen LogP contribution in [0.15, 0.2) is 0 Å². The molecular formula is C13H26N2O3. The van der Waals surface area contributed by atoms with Gasteiger partial charge in [-0.1, -0.05) is 0 Å². The minimum absolute atomic E-state index is 0.0418. The fourth-order valence-electron chi connectivity index (χ4n) is 2.34. The third-order valence-corrected chi connectivity index (χ3v) is 3.35. The summed E-state index contributed by atoms with van der Waals surface area (Å²) in [6.07, 6.45) is 3.10. The van der Waals surface area contributed by atoms with Crippen LogP contribution in [0.25, 0.3) is 0 Å². The molecule has 0 bridgehead atoms. The number of hydrogen-bond donors (Lipinski definition) is 3. The lowest BCUT2D eigenvalue weighted by atomic mass is 9.96. The molecule has 1 rings (SSSR count). The fourth-order valence-corrected chi connectivity index (χ4v) is 2.34. The van der Waals surface area contributed by atoms with E-state index in [2.05, 4.69) is 10.2 Å². The molecule has 0 aromatic carbocycles. The smallest absolute Gasteiger partial charge is 0.317 e. The molecule has 0 aliphatic carbocycles. The van der Waals surface area contributed by atoms with Gasteiger partial charge in [0.1, 0.15) is 0 Å². The molecule has 3 N–H and O–H groups in total. The molecule has 1 aliphatic rings. The van der Waals surface area contributed by atoms with Gasteiger partial charge in [0.15, 0.2) is 0 Å². The average molecular weight is 258 g/mol. The Bertz CT molecular complexity index is 263. The van der Waals surface area contributed by atoms with Gasteiger partial charge in [-0.3, -0.25) is 4.79 Å². The number of hydrogen-bond acceptors (Lipinski definition) is 4. The van der Waals surface area contributed by atoms with Gasteiger partial charge in [-0.05, 0) is 52.1 Å². The van der Waals surface area contributed by atoms with Crippen molar-refractivity contribution in [1.82, 2.24) is 10.2 Å². The highest BCUT2D eigenvalue weighted by Gasteiger charge is 2.21. The summed E-state index contributed by atoms with van der Waals surface area (Å²) >= 11 is 0. The Kier molecular flexibility index (Phi) is 6.05. The molecule has 0 aromatic heterocycles. The zero-order chi connectivity index (χ0) is 13.6. The van der Waals surface area contributed by atoms with Crippen molar-refractivity contribution >= 4 is 5.97 Å². The summed E-state index contributed by atoms with van der Waals surface area (Å²) < 4.78 is 0. The predicted octanol–water partition coefficient (Wildman–Crippen LogP) is 0.534. The standard InChI is InChI=1S/C13H26N2O3/c1-13(2,18)5-7-15-6-3-4-11(10-15)8-14-9-12(16)17/h11,14,18H,3-10H2,1-2H3,(H,16,17). The van der Waals surface area contributed by atoms with Crippen molar-refractivity contribution in [1.29, 1.82) is 0 Å². The van der Waals surface area contributed by atoms with E-state index in [9.17, 15) is 9.90 Å². The van der Waals surface area contributed by atoms with E-state index >= 15 is 0 Å². The molecule has 5 heteroatoms. The first-order valence-corrected chi connectivity index (χ1v) is 6.74. The zero-order valence-electron chi connectivity index (χ0n) is 11.5. The number of piperidine rings is 1. The Hall–Kier alpha value is -0.650. The van der Waals surface area contributed by atoms with Gasteiger partial charge < -0.3 is 20.4 Å². The van der Waals surface area contributed by atoms with Gasteiger partial charge in [-0.2, -0.15) is 0 Å². The van der Waals surface area contributed by atoms with E-state index in [1.165, 1.54) is 0 Å². The van der Waals surface area contributed by atoms with E-state index < -0.39 is 11.6 Å². The summed E-state index contributed by atoms with van der Waals surface area (Å²) in [4.78, 5) is 12.8. The summed E-state index contributed by atoms with van der Waals surface area (Å²) in [6.45, 7) is 7.49. The van der Waals surface area contributed by atoms with Crippen molar-refractivity contribution in [3.05, 3.63) is 0 Å². The van der Waals surface area contributed by atoms with Gasteiger partial charge in [-0.25, -0.2) is 0 Å². The number of aliphatic hydroxyl groups is 1. The maximum absolute atomic E-state index is 10.4. The minimum atomic E-state index is -0.801. The number of likely N-dealkylation sites (tertiary alicyclic amines) is 1. The molecule has 0 saturated carbocycles. The van der Waals surface area contributed by atoms with Crippen LogP contribution in [0.3, 0.4) is 0 Å². The van der Waals surface area contributed by atoms with E-state index in [4.69, 9.17) is 5.11 Å². The van der Waals surface area contributed by atoms with Crippen molar-refractivity contribution < 1.29 is 15.0 Å². The first-order chi connectivity index (χ1) is 8.37. The topological polar surface area (TPSA) is 72.8 Å². The van der Waals surface area contributed by atoms with Crippen molar-refractivity contribution in [2.75, 3.05) is 32.7 Å². The molecule has 0 spiro atoms. The van der Waals surface area contributed by atoms with Crippen LogP contribution >= 0.6 is 0 Å². The Labute approximate surface area is 109 Å². The summed E-state index contributed by atoms with van der Waals surface area (Å²) in [6, 6.07) is 0. The lowest BCUT2D eigenvalue weighted by molar-refractivity contribution is -0.136. The summed E-state index contributed by atoms with van der Waals surface area (Å²) in [5.41, 5.74) is -0.603. The molecule has 106 valence electrons. The van der Waals surface area contributed by atoms with E-state index in [1.807, 2.05) is 13.8 Å². The van der Waals surface area contributed by atoms with Gasteiger partial charge in [0, 0.05) is 13.1 Å². The minimum Gasteiger partial charge on any atom is -0.480 e. The van der Waals surface area contributed by atoms with Crippen LogP contribution in [-0.4, -0.2) is 59.4 Å². The first kappa shape index (κ1) is 15.4. The lowest BCUT2D eigenvalue weighted by Crippen LogP contribution is -2.42. The van der Waals surface area contributed by atoms with Gasteiger partial charge in [-0.15, -0.1) is 0 Å². The van der Waals surface area contributed by atoms with Crippen LogP contribution in [0.4, 0.5) is 0 Å². The zero-order valence-corrected chi connectivity index (χ0v) is 11.5. The highest BCUT2D eigenvalue weighted by molar-refractivity contribution is 5.68. The molecule has 1 heterocycles. The number of carboxylic acid groups (broad SMARTS) is 1. The second kappa shape index (κ2) is 7.07. The quantitative estimate of drug-likeness (QED) is 0.621. The Morgan fingerprint density at radius 1 is 1.50 bits per heavy atom. The average Bonchev–Trinajstić information content (AvgIpc) is 2.26. The molecule has 1 unspecified atom stereocenters. The van der Waals surface area contributed by atoms with Crippen LogP contribution < -0.4 is 5.32 Å². The van der Waals surface area contributed by atoms with E-state index in [0.29, 0.717) is 5.92 Å². The molecule has 1 atom stereocenters. The Morgan fingerprint density at radius 2 is 2.22 bits per heavy atom. The number of nitrogens with one attached hydrogen (secondary N) is 1. The third-order valence-electron chi connectivity index (χ3n) is 3.35. The van der Waals surface area contributed by atoms with Crippen LogP contribution in [-0.2, 0) is 4.79 Å².